The Balaban J connectivity index is 1.32. The summed E-state index contributed by atoms with van der Waals surface area (Å²) >= 11 is 0. The summed E-state index contributed by atoms with van der Waals surface area (Å²) < 4.78 is 59.0. The monoisotopic (exact) mass is 645 g/mol. The van der Waals surface area contributed by atoms with Gasteiger partial charge in [-0.3, -0.25) is 14.2 Å². The van der Waals surface area contributed by atoms with E-state index in [4.69, 9.17) is 13.8 Å². The number of carbonyl (C=O) groups is 1. The van der Waals surface area contributed by atoms with Crippen LogP contribution >= 0.6 is 0 Å². The molecule has 2 fully saturated rings. The first-order valence-electron chi connectivity index (χ1n) is 16.9. The third-order valence-electron chi connectivity index (χ3n) is 10.4. The van der Waals surface area contributed by atoms with Gasteiger partial charge in [0.1, 0.15) is 5.65 Å². The predicted octanol–water partition coefficient (Wildman–Crippen LogP) is 4.06. The van der Waals surface area contributed by atoms with Crippen LogP contribution in [0.15, 0.2) is 43.0 Å². The predicted molar refractivity (Wildman–Crippen MR) is 176 cm³/mol. The Morgan fingerprint density at radius 2 is 1.91 bits per heavy atom. The Morgan fingerprint density at radius 3 is 2.63 bits per heavy atom. The molecular weight excluding hydrogens is 604 g/mol. The molecule has 0 atom stereocenters. The number of hydrogen-bond donors (Lipinski definition) is 1. The van der Waals surface area contributed by atoms with E-state index in [9.17, 15) is 13.2 Å². The molecule has 13 heteroatoms. The van der Waals surface area contributed by atoms with Gasteiger partial charge in [0.25, 0.3) is 0 Å². The fraction of sp³-hybridized carbons (Fsp3) is 0.455. The number of aryl methyl sites for hydroxylation is 1. The molecule has 46 heavy (non-hydrogen) atoms. The number of likely N-dealkylation sites (N-methyl/N-ethyl adjacent to an activating group) is 1. The number of rotatable bonds is 7. The summed E-state index contributed by atoms with van der Waals surface area (Å²) in [6.07, 6.45) is 8.10. The Labute approximate surface area is 271 Å². The number of carbonyl (C=O) groups excluding carboxylic acids is 1. The van der Waals surface area contributed by atoms with E-state index >= 15 is 0 Å². The minimum Gasteiger partial charge on any atom is -0.377 e. The number of aromatic nitrogens is 6. The molecule has 2 spiro atoms. The highest BCUT2D eigenvalue weighted by Crippen LogP contribution is 2.66. The second kappa shape index (κ2) is 9.49. The van der Waals surface area contributed by atoms with Crippen LogP contribution in [0.2, 0.25) is 0 Å². The maximum Gasteiger partial charge on any atom is 0.237 e. The second-order valence-corrected chi connectivity index (χ2v) is 16.1. The molecule has 0 bridgehead atoms. The first-order valence-corrected chi connectivity index (χ1v) is 17.0. The van der Waals surface area contributed by atoms with E-state index in [-0.39, 0.29) is 17.1 Å². The van der Waals surface area contributed by atoms with Crippen LogP contribution in [0.25, 0.3) is 44.3 Å². The SMILES string of the molecule is [2H]C([2H])([2H])n1ncc2cc(-c3c(-c4cnn(CC(C)(C)OC)c4)[nH]c4ncc5c(c34)C3(CC4(CN(S(=O)(=O)CC)C4)C3)C(=O)N5C)ccc21. The van der Waals surface area contributed by atoms with Crippen LogP contribution in [0.4, 0.5) is 5.69 Å². The number of benzene rings is 1. The quantitative estimate of drug-likeness (QED) is 0.282. The van der Waals surface area contributed by atoms with Crippen LogP contribution in [0, 0.1) is 5.41 Å². The number of fused-ring (bicyclic) bond motifs is 5. The lowest BCUT2D eigenvalue weighted by molar-refractivity contribution is -0.139. The summed E-state index contributed by atoms with van der Waals surface area (Å²) in [6.45, 7) is 4.54. The average molecular weight is 646 g/mol. The van der Waals surface area contributed by atoms with E-state index in [1.807, 2.05) is 36.9 Å². The molecule has 1 aliphatic carbocycles. The van der Waals surface area contributed by atoms with Gasteiger partial charge in [0, 0.05) is 77.4 Å². The summed E-state index contributed by atoms with van der Waals surface area (Å²) in [5.41, 5.74) is 4.35. The topological polar surface area (TPSA) is 131 Å². The van der Waals surface area contributed by atoms with Gasteiger partial charge in [-0.05, 0) is 51.3 Å². The van der Waals surface area contributed by atoms with E-state index in [1.165, 1.54) is 4.31 Å². The summed E-state index contributed by atoms with van der Waals surface area (Å²) in [5, 5.41) is 10.3. The highest BCUT2D eigenvalue weighted by molar-refractivity contribution is 7.89. The highest BCUT2D eigenvalue weighted by Gasteiger charge is 2.68. The van der Waals surface area contributed by atoms with Crippen molar-refractivity contribution in [2.24, 2.45) is 12.4 Å². The third-order valence-corrected chi connectivity index (χ3v) is 12.1. The lowest BCUT2D eigenvalue weighted by Gasteiger charge is -2.62. The maximum atomic E-state index is 14.2. The van der Waals surface area contributed by atoms with Gasteiger partial charge in [-0.15, -0.1) is 0 Å². The number of aromatic amines is 1. The van der Waals surface area contributed by atoms with E-state index < -0.39 is 28.0 Å². The van der Waals surface area contributed by atoms with Crippen molar-refractivity contribution >= 4 is 43.6 Å². The lowest BCUT2D eigenvalue weighted by atomic mass is 9.48. The van der Waals surface area contributed by atoms with Gasteiger partial charge in [0.05, 0.1) is 58.8 Å². The van der Waals surface area contributed by atoms with Gasteiger partial charge in [-0.25, -0.2) is 17.7 Å². The molecule has 3 aliphatic rings. The van der Waals surface area contributed by atoms with Crippen molar-refractivity contribution in [2.45, 2.75) is 51.2 Å². The van der Waals surface area contributed by atoms with E-state index in [1.54, 1.807) is 50.6 Å². The normalized spacial score (nSPS) is 20.2. The number of sulfonamides is 1. The Hall–Kier alpha value is -4.07. The molecule has 1 amide bonds. The van der Waals surface area contributed by atoms with Crippen molar-refractivity contribution in [3.8, 4) is 22.4 Å². The molecule has 1 N–H and O–H groups in total. The molecule has 5 aromatic rings. The molecular formula is C33H38N8O4S. The number of hydrogen-bond acceptors (Lipinski definition) is 7. The van der Waals surface area contributed by atoms with Gasteiger partial charge in [0.15, 0.2) is 0 Å². The number of pyridine rings is 1. The number of anilines is 1. The number of amides is 1. The van der Waals surface area contributed by atoms with E-state index in [0.717, 1.165) is 43.7 Å². The molecule has 0 radical (unpaired) electrons. The number of H-pyrrole nitrogens is 1. The molecule has 1 saturated carbocycles. The first kappa shape index (κ1) is 26.0. The van der Waals surface area contributed by atoms with Crippen molar-refractivity contribution in [3.05, 3.63) is 48.5 Å². The van der Waals surface area contributed by atoms with Crippen LogP contribution < -0.4 is 4.90 Å². The molecule has 240 valence electrons. The zero-order valence-electron chi connectivity index (χ0n) is 29.5. The summed E-state index contributed by atoms with van der Waals surface area (Å²) in [5.74, 6) is 0.0345. The summed E-state index contributed by atoms with van der Waals surface area (Å²) in [7, 11) is 0.132. The highest BCUT2D eigenvalue weighted by atomic mass is 32.2. The van der Waals surface area contributed by atoms with Crippen LogP contribution in [0.3, 0.4) is 0 Å². The number of nitrogens with one attached hydrogen (secondary N) is 1. The standard InChI is InChI=1S/C33H38N8O4S/c1-7-46(43,44)41-18-32(19-41)15-33(16-32)27-24(38(4)30(33)42)13-34-29-26(27)25(20-8-9-23-21(10-20)11-35-39(23)5)28(37-29)22-12-36-40(14-22)17-31(2,3)45-6/h8-14H,7,15-19H2,1-6H3,(H,34,37)/i5D3. The molecule has 4 aromatic heterocycles. The van der Waals surface area contributed by atoms with E-state index in [0.29, 0.717) is 49.0 Å². The van der Waals surface area contributed by atoms with Gasteiger partial charge in [-0.1, -0.05) is 6.07 Å². The molecule has 1 aromatic carbocycles. The van der Waals surface area contributed by atoms with Crippen LogP contribution in [0.1, 0.15) is 43.3 Å². The van der Waals surface area contributed by atoms with Crippen molar-refractivity contribution in [2.75, 3.05) is 37.9 Å². The Kier molecular flexibility index (Phi) is 5.37. The van der Waals surface area contributed by atoms with Crippen molar-refractivity contribution < 1.29 is 22.1 Å². The maximum absolute atomic E-state index is 14.2. The lowest BCUT2D eigenvalue weighted by Crippen LogP contribution is -2.69. The van der Waals surface area contributed by atoms with Crippen LogP contribution in [-0.4, -0.2) is 86.8 Å². The number of nitrogens with zero attached hydrogens (tertiary/aromatic N) is 7. The molecule has 8 rings (SSSR count). The summed E-state index contributed by atoms with van der Waals surface area (Å²) in [4.78, 5) is 24.3. The van der Waals surface area contributed by atoms with E-state index in [2.05, 4.69) is 15.2 Å². The third kappa shape index (κ3) is 4.00. The summed E-state index contributed by atoms with van der Waals surface area (Å²) in [6, 6.07) is 5.56. The minimum atomic E-state index is -3.31. The molecule has 6 heterocycles. The molecule has 1 saturated heterocycles. The van der Waals surface area contributed by atoms with Gasteiger partial charge in [-0.2, -0.15) is 10.2 Å². The average Bonchev–Trinajstić information content (AvgIpc) is 3.78. The first-order chi connectivity index (χ1) is 23.0. The minimum absolute atomic E-state index is 0.0167. The number of ether oxygens (including phenoxy) is 1. The second-order valence-electron chi connectivity index (χ2n) is 13.8. The molecule has 2 aliphatic heterocycles. The Bertz CT molecular complexity index is 2290. The zero-order chi connectivity index (χ0) is 34.9. The zero-order valence-corrected chi connectivity index (χ0v) is 27.3. The molecule has 12 nitrogen and oxygen atoms in total. The van der Waals surface area contributed by atoms with Gasteiger partial charge < -0.3 is 14.6 Å². The fourth-order valence-electron chi connectivity index (χ4n) is 8.01. The van der Waals surface area contributed by atoms with Crippen molar-refractivity contribution in [1.29, 1.82) is 0 Å². The van der Waals surface area contributed by atoms with Crippen molar-refractivity contribution in [1.82, 2.24) is 33.8 Å². The fourth-order valence-corrected chi connectivity index (χ4v) is 9.32. The van der Waals surface area contributed by atoms with Gasteiger partial charge >= 0.3 is 0 Å². The Morgan fingerprint density at radius 1 is 1.13 bits per heavy atom. The smallest absolute Gasteiger partial charge is 0.237 e. The van der Waals surface area contributed by atoms with Crippen LogP contribution in [-0.2, 0) is 38.5 Å². The van der Waals surface area contributed by atoms with Gasteiger partial charge in [0.2, 0.25) is 15.9 Å². The van der Waals surface area contributed by atoms with Crippen molar-refractivity contribution in [3.63, 3.8) is 0 Å². The largest absolute Gasteiger partial charge is 0.377 e. The molecule has 0 unspecified atom stereocenters. The number of methoxy groups -OCH3 is 1. The van der Waals surface area contributed by atoms with Crippen LogP contribution in [0.5, 0.6) is 0 Å².